The van der Waals surface area contributed by atoms with Gasteiger partial charge >= 0.3 is 5.97 Å². The number of hydrogen-bond acceptors (Lipinski definition) is 6. The number of benzene rings is 1. The lowest BCUT2D eigenvalue weighted by Crippen LogP contribution is -2.51. The summed E-state index contributed by atoms with van der Waals surface area (Å²) in [7, 11) is 0. The molecule has 0 radical (unpaired) electrons. The number of carbonyl (C=O) groups excluding carboxylic acids is 1. The highest BCUT2D eigenvalue weighted by Crippen LogP contribution is 2.33. The second kappa shape index (κ2) is 6.85. The number of H-pyrrole nitrogens is 1. The summed E-state index contributed by atoms with van der Waals surface area (Å²) in [4.78, 5) is 31.8. The molecule has 0 spiro atoms. The third kappa shape index (κ3) is 2.95. The molecule has 9 heteroatoms. The van der Waals surface area contributed by atoms with Gasteiger partial charge < -0.3 is 10.0 Å². The molecule has 26 heavy (non-hydrogen) atoms. The number of carboxylic acids is 1. The lowest BCUT2D eigenvalue weighted by Gasteiger charge is -2.37. The lowest BCUT2D eigenvalue weighted by molar-refractivity contribution is -0.144. The van der Waals surface area contributed by atoms with Crippen LogP contribution in [0.15, 0.2) is 36.0 Å². The number of amides is 1. The van der Waals surface area contributed by atoms with Gasteiger partial charge in [0.2, 0.25) is 5.82 Å². The summed E-state index contributed by atoms with van der Waals surface area (Å²) in [6.45, 7) is 1.87. The monoisotopic (exact) mass is 371 g/mol. The van der Waals surface area contributed by atoms with E-state index in [-0.39, 0.29) is 11.7 Å². The van der Waals surface area contributed by atoms with E-state index in [0.717, 1.165) is 15.6 Å². The molecule has 134 valence electrons. The fourth-order valence-corrected chi connectivity index (χ4v) is 4.32. The molecule has 0 saturated carbocycles. The first-order valence-electron chi connectivity index (χ1n) is 8.23. The smallest absolute Gasteiger partial charge is 0.325 e. The fourth-order valence-electron chi connectivity index (χ4n) is 3.34. The van der Waals surface area contributed by atoms with Crippen molar-refractivity contribution >= 4 is 33.3 Å². The molecule has 1 atom stereocenters. The zero-order valence-electron chi connectivity index (χ0n) is 13.8. The number of carbonyl (C=O) groups is 2. The lowest BCUT2D eigenvalue weighted by atomic mass is 10.0. The second-order valence-electron chi connectivity index (χ2n) is 6.09. The van der Waals surface area contributed by atoms with Gasteiger partial charge in [-0.1, -0.05) is 18.2 Å². The van der Waals surface area contributed by atoms with Crippen LogP contribution in [0.3, 0.4) is 0 Å². The number of thiophene rings is 1. The Hall–Kier alpha value is -2.78. The molecule has 1 saturated heterocycles. The van der Waals surface area contributed by atoms with Crippen LogP contribution in [-0.4, -0.2) is 68.1 Å². The van der Waals surface area contributed by atoms with Crippen LogP contribution < -0.4 is 0 Å². The van der Waals surface area contributed by atoms with Gasteiger partial charge in [0, 0.05) is 30.9 Å². The average Bonchev–Trinajstić information content (AvgIpc) is 3.32. The van der Waals surface area contributed by atoms with E-state index in [1.807, 2.05) is 34.5 Å². The van der Waals surface area contributed by atoms with Crippen molar-refractivity contribution in [1.82, 2.24) is 25.0 Å². The number of hydrogen-bond donors (Lipinski definition) is 2. The first-order chi connectivity index (χ1) is 12.6. The summed E-state index contributed by atoms with van der Waals surface area (Å²) in [6, 6.07) is 7.11. The largest absolute Gasteiger partial charge is 0.480 e. The van der Waals surface area contributed by atoms with E-state index in [1.54, 1.807) is 16.2 Å². The minimum Gasteiger partial charge on any atom is -0.480 e. The maximum atomic E-state index is 12.3. The van der Waals surface area contributed by atoms with Gasteiger partial charge in [0.1, 0.15) is 12.4 Å². The van der Waals surface area contributed by atoms with Crippen molar-refractivity contribution in [3.8, 4) is 0 Å². The van der Waals surface area contributed by atoms with Crippen LogP contribution in [0.25, 0.3) is 10.1 Å². The first-order valence-corrected chi connectivity index (χ1v) is 9.11. The number of aromatic nitrogens is 3. The minimum atomic E-state index is -0.872. The Morgan fingerprint density at radius 1 is 1.19 bits per heavy atom. The van der Waals surface area contributed by atoms with E-state index < -0.39 is 12.0 Å². The van der Waals surface area contributed by atoms with Gasteiger partial charge in [-0.05, 0) is 22.4 Å². The fraction of sp³-hybridized carbons (Fsp3) is 0.294. The van der Waals surface area contributed by atoms with Crippen LogP contribution in [0.1, 0.15) is 22.2 Å². The Morgan fingerprint density at radius 2 is 1.96 bits per heavy atom. The summed E-state index contributed by atoms with van der Waals surface area (Å²) >= 11 is 1.55. The van der Waals surface area contributed by atoms with Crippen molar-refractivity contribution in [2.75, 3.05) is 26.2 Å². The summed E-state index contributed by atoms with van der Waals surface area (Å²) in [5.41, 5.74) is 0.813. The topological polar surface area (TPSA) is 102 Å². The summed E-state index contributed by atoms with van der Waals surface area (Å²) in [5.74, 6) is -0.879. The molecule has 8 nitrogen and oxygen atoms in total. The number of carboxylic acid groups (broad SMARTS) is 1. The molecule has 2 N–H and O–H groups in total. The van der Waals surface area contributed by atoms with E-state index in [0.29, 0.717) is 26.2 Å². The summed E-state index contributed by atoms with van der Waals surface area (Å²) in [5, 5.41) is 19.0. The molecule has 1 unspecified atom stereocenters. The Kier molecular flexibility index (Phi) is 4.39. The third-order valence-electron chi connectivity index (χ3n) is 4.62. The molecular formula is C17H17N5O3S. The number of nitrogens with zero attached hydrogens (tertiary/aromatic N) is 4. The molecular weight excluding hydrogens is 354 g/mol. The van der Waals surface area contributed by atoms with Crippen molar-refractivity contribution in [3.63, 3.8) is 0 Å². The second-order valence-corrected chi connectivity index (χ2v) is 7.00. The highest BCUT2D eigenvalue weighted by molar-refractivity contribution is 7.17. The molecule has 1 aliphatic heterocycles. The van der Waals surface area contributed by atoms with E-state index in [9.17, 15) is 14.7 Å². The van der Waals surface area contributed by atoms with Gasteiger partial charge in [-0.15, -0.1) is 11.3 Å². The number of aromatic amines is 1. The van der Waals surface area contributed by atoms with Crippen LogP contribution >= 0.6 is 11.3 Å². The molecule has 4 rings (SSSR count). The normalized spacial score (nSPS) is 16.7. The molecule has 2 aromatic heterocycles. The molecule has 1 fully saturated rings. The standard InChI is InChI=1S/C17H17N5O3S/c23-16(15-18-10-19-20-15)22-7-5-21(6-8-22)14(17(24)25)12-9-26-13-4-2-1-3-11(12)13/h1-4,9-10,14H,5-8H2,(H,24,25)(H,18,19,20). The van der Waals surface area contributed by atoms with Crippen molar-refractivity contribution in [2.45, 2.75) is 6.04 Å². The van der Waals surface area contributed by atoms with Crippen LogP contribution in [0.2, 0.25) is 0 Å². The van der Waals surface area contributed by atoms with Gasteiger partial charge in [-0.2, -0.15) is 5.10 Å². The van der Waals surface area contributed by atoms with Crippen LogP contribution in [-0.2, 0) is 4.79 Å². The van der Waals surface area contributed by atoms with Crippen LogP contribution in [0, 0.1) is 0 Å². The van der Waals surface area contributed by atoms with E-state index in [1.165, 1.54) is 6.33 Å². The van der Waals surface area contributed by atoms with Crippen LogP contribution in [0.4, 0.5) is 0 Å². The van der Waals surface area contributed by atoms with Gasteiger partial charge in [0.25, 0.3) is 5.91 Å². The first kappa shape index (κ1) is 16.7. The van der Waals surface area contributed by atoms with Crippen molar-refractivity contribution < 1.29 is 14.7 Å². The zero-order chi connectivity index (χ0) is 18.1. The van der Waals surface area contributed by atoms with Crippen LogP contribution in [0.5, 0.6) is 0 Å². The number of rotatable bonds is 4. The van der Waals surface area contributed by atoms with Gasteiger partial charge in [0.15, 0.2) is 0 Å². The Bertz CT molecular complexity index is 931. The predicted octanol–water partition coefficient (Wildman–Crippen LogP) is 1.60. The SMILES string of the molecule is O=C(O)C(c1csc2ccccc12)N1CCN(C(=O)c2ncn[nH]2)CC1. The minimum absolute atomic E-state index is 0.206. The quantitative estimate of drug-likeness (QED) is 0.722. The summed E-state index contributed by atoms with van der Waals surface area (Å²) in [6.07, 6.45) is 1.30. The van der Waals surface area contributed by atoms with Gasteiger partial charge in [-0.25, -0.2) is 4.98 Å². The molecule has 0 aliphatic carbocycles. The predicted molar refractivity (Wildman–Crippen MR) is 96.1 cm³/mol. The zero-order valence-corrected chi connectivity index (χ0v) is 14.6. The number of aliphatic carboxylic acids is 1. The third-order valence-corrected chi connectivity index (χ3v) is 5.61. The van der Waals surface area contributed by atoms with E-state index in [4.69, 9.17) is 0 Å². The van der Waals surface area contributed by atoms with E-state index >= 15 is 0 Å². The van der Waals surface area contributed by atoms with Gasteiger partial charge in [-0.3, -0.25) is 19.6 Å². The molecule has 3 aromatic rings. The molecule has 1 aliphatic rings. The Labute approximate surface area is 153 Å². The molecule has 1 aromatic carbocycles. The Balaban J connectivity index is 1.53. The number of nitrogens with one attached hydrogen (secondary N) is 1. The molecule has 3 heterocycles. The highest BCUT2D eigenvalue weighted by Gasteiger charge is 2.33. The van der Waals surface area contributed by atoms with Gasteiger partial charge in [0.05, 0.1) is 0 Å². The molecule has 0 bridgehead atoms. The van der Waals surface area contributed by atoms with E-state index in [2.05, 4.69) is 15.2 Å². The maximum Gasteiger partial charge on any atom is 0.325 e. The Morgan fingerprint density at radius 3 is 2.65 bits per heavy atom. The van der Waals surface area contributed by atoms with Crippen molar-refractivity contribution in [1.29, 1.82) is 0 Å². The molecule has 1 amide bonds. The highest BCUT2D eigenvalue weighted by atomic mass is 32.1. The average molecular weight is 371 g/mol. The number of fused-ring (bicyclic) bond motifs is 1. The maximum absolute atomic E-state index is 12.3. The summed E-state index contributed by atoms with van der Waals surface area (Å²) < 4.78 is 1.08. The number of piperazine rings is 1. The van der Waals surface area contributed by atoms with Crippen molar-refractivity contribution in [3.05, 3.63) is 47.4 Å². The van der Waals surface area contributed by atoms with Crippen molar-refractivity contribution in [2.24, 2.45) is 0 Å².